The molecule has 0 saturated heterocycles. The average Bonchev–Trinajstić information content (AvgIpc) is 2.10. The third-order valence-corrected chi connectivity index (χ3v) is 1.51. The molecule has 0 aliphatic carbocycles. The molecule has 0 atom stereocenters. The van der Waals surface area contributed by atoms with Crippen LogP contribution in [-0.2, 0) is 13.6 Å². The van der Waals surface area contributed by atoms with Crippen molar-refractivity contribution < 1.29 is 4.57 Å². The second kappa shape index (κ2) is 2.31. The van der Waals surface area contributed by atoms with Gasteiger partial charge in [0.15, 0.2) is 0 Å². The van der Waals surface area contributed by atoms with Gasteiger partial charge in [0, 0.05) is 0 Å². The summed E-state index contributed by atoms with van der Waals surface area (Å²) in [7, 11) is 1.92. The van der Waals surface area contributed by atoms with E-state index in [1.54, 1.807) is 0 Å². The fraction of sp³-hybridized carbons (Fsp3) is 0.600. The Kier molecular flexibility index (Phi) is 1.66. The lowest BCUT2D eigenvalue weighted by molar-refractivity contribution is -0.700. The highest BCUT2D eigenvalue weighted by Gasteiger charge is 1.97. The summed E-state index contributed by atoms with van der Waals surface area (Å²) < 4.78 is 4.58. The van der Waals surface area contributed by atoms with Crippen molar-refractivity contribution in [3.05, 3.63) is 11.1 Å². The molecule has 4 heteroatoms. The van der Waals surface area contributed by atoms with Gasteiger partial charge in [-0.05, 0) is 19.1 Å². The zero-order valence-electron chi connectivity index (χ0n) is 5.59. The topological polar surface area (TPSA) is 24.6 Å². The van der Waals surface area contributed by atoms with Crippen LogP contribution >= 0.6 is 12.2 Å². The quantitative estimate of drug-likeness (QED) is 0.447. The molecule has 0 unspecified atom stereocenters. The lowest BCUT2D eigenvalue weighted by Gasteiger charge is -1.81. The van der Waals surface area contributed by atoms with Gasteiger partial charge in [-0.15, -0.1) is 5.10 Å². The van der Waals surface area contributed by atoms with Crippen LogP contribution in [0.5, 0.6) is 0 Å². The first-order chi connectivity index (χ1) is 4.24. The normalized spacial score (nSPS) is 10.0. The maximum atomic E-state index is 4.96. The number of H-pyrrole nitrogens is 1. The Morgan fingerprint density at radius 1 is 1.89 bits per heavy atom. The lowest BCUT2D eigenvalue weighted by Crippen LogP contribution is -2.30. The van der Waals surface area contributed by atoms with E-state index in [4.69, 9.17) is 12.2 Å². The summed E-state index contributed by atoms with van der Waals surface area (Å²) >= 11 is 4.96. The minimum atomic E-state index is 0.778. The molecule has 1 N–H and O–H groups in total. The van der Waals surface area contributed by atoms with Crippen LogP contribution in [0.2, 0.25) is 0 Å². The van der Waals surface area contributed by atoms with Crippen molar-refractivity contribution in [2.24, 2.45) is 7.05 Å². The Hall–Kier alpha value is -0.640. The molecule has 0 aliphatic rings. The maximum absolute atomic E-state index is 4.96. The van der Waals surface area contributed by atoms with Crippen molar-refractivity contribution in [2.45, 2.75) is 13.5 Å². The van der Waals surface area contributed by atoms with Crippen molar-refractivity contribution in [1.82, 2.24) is 9.78 Å². The first-order valence-corrected chi connectivity index (χ1v) is 3.30. The van der Waals surface area contributed by atoms with Gasteiger partial charge in [-0.25, -0.2) is 4.57 Å². The van der Waals surface area contributed by atoms with Gasteiger partial charge in [-0.2, -0.15) is 4.68 Å². The van der Waals surface area contributed by atoms with Gasteiger partial charge in [-0.1, -0.05) is 0 Å². The zero-order valence-corrected chi connectivity index (χ0v) is 6.40. The van der Waals surface area contributed by atoms with Crippen molar-refractivity contribution >= 4 is 12.2 Å². The van der Waals surface area contributed by atoms with E-state index in [0.717, 1.165) is 11.3 Å². The fourth-order valence-corrected chi connectivity index (χ4v) is 1.05. The molecule has 0 radical (unpaired) electrons. The number of aromatic amines is 1. The first-order valence-electron chi connectivity index (χ1n) is 2.89. The number of rotatable bonds is 1. The van der Waals surface area contributed by atoms with E-state index in [2.05, 4.69) is 12.0 Å². The van der Waals surface area contributed by atoms with E-state index < -0.39 is 0 Å². The molecular formula is C5H10N3S+. The average molecular weight is 144 g/mol. The number of aromatic nitrogens is 3. The highest BCUT2D eigenvalue weighted by molar-refractivity contribution is 7.71. The third-order valence-electron chi connectivity index (χ3n) is 1.19. The van der Waals surface area contributed by atoms with E-state index in [1.165, 1.54) is 0 Å². The van der Waals surface area contributed by atoms with Crippen molar-refractivity contribution in [2.75, 3.05) is 0 Å². The summed E-state index contributed by atoms with van der Waals surface area (Å²) in [5.74, 6) is 0. The van der Waals surface area contributed by atoms with Crippen LogP contribution in [0.4, 0.5) is 0 Å². The summed E-state index contributed by atoms with van der Waals surface area (Å²) in [6.07, 6.45) is 1.93. The highest BCUT2D eigenvalue weighted by Crippen LogP contribution is 1.74. The standard InChI is InChI=1S/C5H9N3S/c1-3-8-4-7(2)6-5(8)9/h4H,3H2,1-2H3/p+1. The second-order valence-corrected chi connectivity index (χ2v) is 2.32. The summed E-state index contributed by atoms with van der Waals surface area (Å²) in [5, 5.41) is 2.95. The van der Waals surface area contributed by atoms with E-state index in [1.807, 2.05) is 22.6 Å². The van der Waals surface area contributed by atoms with Crippen molar-refractivity contribution in [1.29, 1.82) is 0 Å². The molecule has 0 spiro atoms. The van der Waals surface area contributed by atoms with Gasteiger partial charge in [0.2, 0.25) is 6.33 Å². The number of hydrogen-bond acceptors (Lipinski definition) is 1. The van der Waals surface area contributed by atoms with Gasteiger partial charge in [0.25, 0.3) is 0 Å². The molecule has 0 bridgehead atoms. The number of aryl methyl sites for hydroxylation is 2. The van der Waals surface area contributed by atoms with Crippen LogP contribution in [0.3, 0.4) is 0 Å². The van der Waals surface area contributed by atoms with Crippen molar-refractivity contribution in [3.8, 4) is 0 Å². The molecule has 1 rings (SSSR count). The van der Waals surface area contributed by atoms with Crippen LogP contribution in [0.25, 0.3) is 0 Å². The van der Waals surface area contributed by atoms with Gasteiger partial charge in [0.1, 0.15) is 0 Å². The van der Waals surface area contributed by atoms with E-state index >= 15 is 0 Å². The Labute approximate surface area is 58.9 Å². The summed E-state index contributed by atoms with van der Waals surface area (Å²) in [4.78, 5) is 0. The molecule has 0 saturated carbocycles. The second-order valence-electron chi connectivity index (χ2n) is 1.93. The molecule has 9 heavy (non-hydrogen) atoms. The SMILES string of the molecule is CC[n+]1cn(C)[nH]c1=S. The van der Waals surface area contributed by atoms with Crippen LogP contribution in [0.1, 0.15) is 6.92 Å². The summed E-state index contributed by atoms with van der Waals surface area (Å²) in [5.41, 5.74) is 0. The molecule has 50 valence electrons. The molecule has 3 nitrogen and oxygen atoms in total. The van der Waals surface area contributed by atoms with Gasteiger partial charge in [0.05, 0.1) is 13.6 Å². The first kappa shape index (κ1) is 6.48. The van der Waals surface area contributed by atoms with E-state index in [-0.39, 0.29) is 0 Å². The summed E-state index contributed by atoms with van der Waals surface area (Å²) in [6, 6.07) is 0. The van der Waals surface area contributed by atoms with E-state index in [0.29, 0.717) is 0 Å². The summed E-state index contributed by atoms with van der Waals surface area (Å²) in [6.45, 7) is 2.99. The van der Waals surface area contributed by atoms with Crippen molar-refractivity contribution in [3.63, 3.8) is 0 Å². The molecule has 1 aromatic rings. The van der Waals surface area contributed by atoms with Crippen LogP contribution in [-0.4, -0.2) is 9.78 Å². The smallest absolute Gasteiger partial charge is 0.225 e. The minimum Gasteiger partial charge on any atom is -0.225 e. The Balaban J connectivity index is 3.16. The van der Waals surface area contributed by atoms with Gasteiger partial charge in [-0.3, -0.25) is 0 Å². The monoisotopic (exact) mass is 144 g/mol. The largest absolute Gasteiger partial charge is 0.323 e. The Bertz CT molecular complexity index is 247. The molecule has 1 heterocycles. The third kappa shape index (κ3) is 1.18. The fourth-order valence-electron chi connectivity index (χ4n) is 0.731. The molecule has 1 aromatic heterocycles. The van der Waals surface area contributed by atoms with Gasteiger partial charge >= 0.3 is 4.77 Å². The molecular weight excluding hydrogens is 134 g/mol. The lowest BCUT2D eigenvalue weighted by atomic mass is 10.7. The van der Waals surface area contributed by atoms with Gasteiger partial charge < -0.3 is 0 Å². The van der Waals surface area contributed by atoms with Crippen LogP contribution in [0.15, 0.2) is 6.33 Å². The predicted molar refractivity (Wildman–Crippen MR) is 36.5 cm³/mol. The Morgan fingerprint density at radius 2 is 2.56 bits per heavy atom. The van der Waals surface area contributed by atoms with Crippen LogP contribution in [0, 0.1) is 4.77 Å². The number of nitrogens with zero attached hydrogens (tertiary/aromatic N) is 2. The highest BCUT2D eigenvalue weighted by atomic mass is 32.1. The molecule has 0 fully saturated rings. The zero-order chi connectivity index (χ0) is 6.85. The molecule has 0 aliphatic heterocycles. The molecule has 0 amide bonds. The number of nitrogens with one attached hydrogen (secondary N) is 1. The molecule has 0 aromatic carbocycles. The maximum Gasteiger partial charge on any atom is 0.323 e. The van der Waals surface area contributed by atoms with Crippen LogP contribution < -0.4 is 4.57 Å². The predicted octanol–water partition coefficient (Wildman–Crippen LogP) is 0.390. The number of hydrogen-bond donors (Lipinski definition) is 1. The minimum absolute atomic E-state index is 0.778. The Morgan fingerprint density at radius 3 is 2.78 bits per heavy atom. The van der Waals surface area contributed by atoms with E-state index in [9.17, 15) is 0 Å².